The molecule has 0 aromatic carbocycles. The molecule has 0 unspecified atom stereocenters. The molecule has 0 aliphatic rings. The first-order chi connectivity index (χ1) is 8.10. The van der Waals surface area contributed by atoms with Crippen molar-refractivity contribution in [3.63, 3.8) is 0 Å². The van der Waals surface area contributed by atoms with E-state index < -0.39 is 5.97 Å². The summed E-state index contributed by atoms with van der Waals surface area (Å²) in [6.45, 7) is 4.40. The number of hydrogen-bond donors (Lipinski definition) is 1. The van der Waals surface area contributed by atoms with Gasteiger partial charge in [-0.15, -0.1) is 0 Å². The molecule has 0 atom stereocenters. The van der Waals surface area contributed by atoms with Gasteiger partial charge in [-0.2, -0.15) is 0 Å². The molecule has 0 fully saturated rings. The van der Waals surface area contributed by atoms with Crippen LogP contribution >= 0.6 is 0 Å². The molecule has 6 nitrogen and oxygen atoms in total. The van der Waals surface area contributed by atoms with Crippen LogP contribution in [0.15, 0.2) is 6.20 Å². The summed E-state index contributed by atoms with van der Waals surface area (Å²) in [5.74, 6) is -0.630. The summed E-state index contributed by atoms with van der Waals surface area (Å²) < 4.78 is 0. The molecule has 94 valence electrons. The Balaban J connectivity index is 2.90. The quantitative estimate of drug-likeness (QED) is 0.761. The topological polar surface area (TPSA) is 75.5 Å². The molecule has 0 aliphatic heterocycles. The second-order valence-electron chi connectivity index (χ2n) is 3.61. The van der Waals surface area contributed by atoms with Gasteiger partial charge < -0.3 is 5.11 Å². The van der Waals surface area contributed by atoms with Crippen LogP contribution in [-0.4, -0.2) is 34.7 Å². The van der Waals surface area contributed by atoms with Gasteiger partial charge in [0.05, 0.1) is 18.4 Å². The van der Waals surface area contributed by atoms with Gasteiger partial charge in [-0.1, -0.05) is 13.3 Å². The van der Waals surface area contributed by atoms with E-state index in [2.05, 4.69) is 16.9 Å². The van der Waals surface area contributed by atoms with Crippen molar-refractivity contribution >= 4 is 11.9 Å². The second-order valence-corrected chi connectivity index (χ2v) is 3.61. The summed E-state index contributed by atoms with van der Waals surface area (Å²) in [5, 5.41) is 10.4. The molecular formula is C11H17N3O3. The molecule has 0 saturated heterocycles. The number of aryl methyl sites for hydroxylation is 1. The zero-order chi connectivity index (χ0) is 12.8. The third-order valence-corrected chi connectivity index (χ3v) is 2.36. The van der Waals surface area contributed by atoms with E-state index in [0.29, 0.717) is 18.2 Å². The molecule has 6 heteroatoms. The van der Waals surface area contributed by atoms with Crippen molar-refractivity contribution in [3.8, 4) is 0 Å². The van der Waals surface area contributed by atoms with Crippen molar-refractivity contribution in [2.45, 2.75) is 26.7 Å². The van der Waals surface area contributed by atoms with Gasteiger partial charge in [-0.25, -0.2) is 19.8 Å². The van der Waals surface area contributed by atoms with Crippen LogP contribution in [0.5, 0.6) is 0 Å². The van der Waals surface area contributed by atoms with Gasteiger partial charge in [-0.3, -0.25) is 4.84 Å². The summed E-state index contributed by atoms with van der Waals surface area (Å²) in [6, 6.07) is 0. The van der Waals surface area contributed by atoms with Crippen molar-refractivity contribution in [1.29, 1.82) is 0 Å². The van der Waals surface area contributed by atoms with E-state index in [1.54, 1.807) is 19.1 Å². The van der Waals surface area contributed by atoms with Gasteiger partial charge in [0.1, 0.15) is 0 Å². The highest BCUT2D eigenvalue weighted by molar-refractivity contribution is 5.88. The Kier molecular flexibility index (Phi) is 4.84. The molecule has 1 rings (SSSR count). The Morgan fingerprint density at radius 3 is 2.76 bits per heavy atom. The highest BCUT2D eigenvalue weighted by Gasteiger charge is 2.13. The monoisotopic (exact) mass is 239 g/mol. The van der Waals surface area contributed by atoms with Gasteiger partial charge in [0, 0.05) is 12.7 Å². The maximum atomic E-state index is 10.8. The smallest absolute Gasteiger partial charge is 0.339 e. The fourth-order valence-corrected chi connectivity index (χ4v) is 1.36. The Morgan fingerprint density at radius 2 is 2.29 bits per heavy atom. The van der Waals surface area contributed by atoms with E-state index in [1.807, 2.05) is 0 Å². The molecule has 0 amide bonds. The lowest BCUT2D eigenvalue weighted by atomic mass is 10.2. The first-order valence-corrected chi connectivity index (χ1v) is 5.48. The van der Waals surface area contributed by atoms with E-state index in [0.717, 1.165) is 12.8 Å². The van der Waals surface area contributed by atoms with Crippen LogP contribution in [-0.2, 0) is 4.84 Å². The van der Waals surface area contributed by atoms with Crippen LogP contribution < -0.4 is 5.06 Å². The van der Waals surface area contributed by atoms with E-state index in [4.69, 9.17) is 9.94 Å². The molecule has 1 heterocycles. The highest BCUT2D eigenvalue weighted by atomic mass is 16.7. The number of carboxylic acid groups (broad SMARTS) is 1. The number of hydrogen-bond acceptors (Lipinski definition) is 5. The Bertz CT molecular complexity index is 396. The van der Waals surface area contributed by atoms with E-state index in [9.17, 15) is 4.79 Å². The lowest BCUT2D eigenvalue weighted by molar-refractivity contribution is 0.0695. The normalized spacial score (nSPS) is 10.3. The van der Waals surface area contributed by atoms with Crippen molar-refractivity contribution in [2.24, 2.45) is 0 Å². The predicted octanol–water partition coefficient (Wildman–Crippen LogP) is 1.65. The molecule has 0 aliphatic carbocycles. The average molecular weight is 239 g/mol. The second kappa shape index (κ2) is 6.15. The summed E-state index contributed by atoms with van der Waals surface area (Å²) in [6.07, 6.45) is 3.29. The molecule has 0 bridgehead atoms. The minimum atomic E-state index is -1.02. The number of aromatic nitrogens is 2. The first-order valence-electron chi connectivity index (χ1n) is 5.48. The molecule has 0 saturated carbocycles. The third kappa shape index (κ3) is 3.39. The highest BCUT2D eigenvalue weighted by Crippen LogP contribution is 2.12. The largest absolute Gasteiger partial charge is 0.478 e. The fourth-order valence-electron chi connectivity index (χ4n) is 1.36. The minimum absolute atomic E-state index is 0.111. The molecule has 17 heavy (non-hydrogen) atoms. The van der Waals surface area contributed by atoms with Crippen LogP contribution in [0.3, 0.4) is 0 Å². The number of nitrogens with zero attached hydrogens (tertiary/aromatic N) is 3. The maximum absolute atomic E-state index is 10.8. The van der Waals surface area contributed by atoms with E-state index >= 15 is 0 Å². The Hall–Kier alpha value is -1.69. The number of carboxylic acids is 1. The van der Waals surface area contributed by atoms with Crippen LogP contribution in [0.2, 0.25) is 0 Å². The van der Waals surface area contributed by atoms with Crippen molar-refractivity contribution in [2.75, 3.05) is 18.7 Å². The van der Waals surface area contributed by atoms with Crippen molar-refractivity contribution in [3.05, 3.63) is 17.5 Å². The number of carbonyl (C=O) groups is 1. The van der Waals surface area contributed by atoms with Crippen LogP contribution in [0.1, 0.15) is 35.8 Å². The SMILES string of the molecule is CCCCN(OC)c1ncc(C(=O)O)c(C)n1. The summed E-state index contributed by atoms with van der Waals surface area (Å²) >= 11 is 0. The van der Waals surface area contributed by atoms with Crippen LogP contribution in [0, 0.1) is 6.92 Å². The van der Waals surface area contributed by atoms with Gasteiger partial charge in [0.2, 0.25) is 5.95 Å². The number of rotatable bonds is 6. The molecule has 1 aromatic heterocycles. The molecule has 1 aromatic rings. The number of hydroxylamine groups is 1. The van der Waals surface area contributed by atoms with Crippen LogP contribution in [0.25, 0.3) is 0 Å². The molecule has 1 N–H and O–H groups in total. The lowest BCUT2D eigenvalue weighted by Gasteiger charge is -2.19. The van der Waals surface area contributed by atoms with Crippen molar-refractivity contribution < 1.29 is 14.7 Å². The number of anilines is 1. The van der Waals surface area contributed by atoms with E-state index in [1.165, 1.54) is 6.20 Å². The number of unbranched alkanes of at least 4 members (excludes halogenated alkanes) is 1. The summed E-state index contributed by atoms with van der Waals surface area (Å²) in [4.78, 5) is 24.1. The van der Waals surface area contributed by atoms with Crippen molar-refractivity contribution in [1.82, 2.24) is 9.97 Å². The van der Waals surface area contributed by atoms with Gasteiger partial charge in [0.25, 0.3) is 0 Å². The summed E-state index contributed by atoms with van der Waals surface area (Å²) in [7, 11) is 1.54. The van der Waals surface area contributed by atoms with E-state index in [-0.39, 0.29) is 5.56 Å². The van der Waals surface area contributed by atoms with Gasteiger partial charge in [0.15, 0.2) is 0 Å². The predicted molar refractivity (Wildman–Crippen MR) is 63.0 cm³/mol. The van der Waals surface area contributed by atoms with Gasteiger partial charge in [-0.05, 0) is 13.3 Å². The zero-order valence-electron chi connectivity index (χ0n) is 10.3. The molecule has 0 spiro atoms. The molecule has 0 radical (unpaired) electrons. The zero-order valence-corrected chi connectivity index (χ0v) is 10.3. The standard InChI is InChI=1S/C11H17N3O3/c1-4-5-6-14(17-3)11-12-7-9(10(15)16)8(2)13-11/h7H,4-6H2,1-3H3,(H,15,16). The lowest BCUT2D eigenvalue weighted by Crippen LogP contribution is -2.25. The molecular weight excluding hydrogens is 222 g/mol. The minimum Gasteiger partial charge on any atom is -0.478 e. The number of aromatic carboxylic acids is 1. The maximum Gasteiger partial charge on any atom is 0.339 e. The average Bonchev–Trinajstić information content (AvgIpc) is 2.29. The Morgan fingerprint density at radius 1 is 1.59 bits per heavy atom. The third-order valence-electron chi connectivity index (χ3n) is 2.36. The van der Waals surface area contributed by atoms with Gasteiger partial charge >= 0.3 is 5.97 Å². The summed E-state index contributed by atoms with van der Waals surface area (Å²) in [5.41, 5.74) is 0.543. The fraction of sp³-hybridized carbons (Fsp3) is 0.545. The van der Waals surface area contributed by atoms with Crippen LogP contribution in [0.4, 0.5) is 5.95 Å². The first kappa shape index (κ1) is 13.4. The Labute approximate surface area is 100 Å².